The minimum absolute atomic E-state index is 0.0333. The molecule has 1 unspecified atom stereocenters. The Labute approximate surface area is 118 Å². The number of hydrogen-bond acceptors (Lipinski definition) is 3. The van der Waals surface area contributed by atoms with E-state index in [9.17, 15) is 8.78 Å². The van der Waals surface area contributed by atoms with Gasteiger partial charge in [0.2, 0.25) is 0 Å². The topological polar surface area (TPSA) is 26.7 Å². The molecule has 0 aromatic heterocycles. The SMILES string of the molecule is CCC(C)N1CCN(c2c(F)cc(CO)cc2F)CC1. The molecule has 1 aromatic rings. The van der Waals surface area contributed by atoms with Gasteiger partial charge in [0.15, 0.2) is 0 Å². The molecule has 0 saturated carbocycles. The number of aliphatic hydroxyl groups excluding tert-OH is 1. The van der Waals surface area contributed by atoms with E-state index < -0.39 is 11.6 Å². The number of anilines is 1. The predicted octanol–water partition coefficient (Wildman–Crippen LogP) is 2.38. The fourth-order valence-electron chi connectivity index (χ4n) is 2.66. The Morgan fingerprint density at radius 1 is 1.15 bits per heavy atom. The zero-order valence-corrected chi connectivity index (χ0v) is 12.1. The Kier molecular flexibility index (Phi) is 4.94. The summed E-state index contributed by atoms with van der Waals surface area (Å²) in [6, 6.07) is 2.92. The first-order chi connectivity index (χ1) is 9.56. The second kappa shape index (κ2) is 6.50. The van der Waals surface area contributed by atoms with Crippen LogP contribution in [0, 0.1) is 11.6 Å². The Hall–Kier alpha value is -1.20. The molecule has 2 rings (SSSR count). The van der Waals surface area contributed by atoms with Crippen LogP contribution in [0.5, 0.6) is 0 Å². The lowest BCUT2D eigenvalue weighted by molar-refractivity contribution is 0.192. The molecule has 1 heterocycles. The van der Waals surface area contributed by atoms with Crippen LogP contribution < -0.4 is 4.90 Å². The summed E-state index contributed by atoms with van der Waals surface area (Å²) in [6.07, 6.45) is 1.08. The van der Waals surface area contributed by atoms with Gasteiger partial charge in [0.1, 0.15) is 17.3 Å². The van der Waals surface area contributed by atoms with Crippen LogP contribution in [0.3, 0.4) is 0 Å². The van der Waals surface area contributed by atoms with Gasteiger partial charge in [-0.1, -0.05) is 6.92 Å². The van der Waals surface area contributed by atoms with Gasteiger partial charge in [-0.15, -0.1) is 0 Å². The van der Waals surface area contributed by atoms with Gasteiger partial charge in [-0.25, -0.2) is 8.78 Å². The van der Waals surface area contributed by atoms with Crippen LogP contribution in [0.15, 0.2) is 12.1 Å². The molecule has 1 atom stereocenters. The van der Waals surface area contributed by atoms with Crippen LogP contribution in [-0.2, 0) is 6.61 Å². The Balaban J connectivity index is 2.11. The van der Waals surface area contributed by atoms with E-state index in [-0.39, 0.29) is 17.9 Å². The number of piperazine rings is 1. The number of rotatable bonds is 4. The van der Waals surface area contributed by atoms with Gasteiger partial charge in [0.05, 0.1) is 6.61 Å². The van der Waals surface area contributed by atoms with Crippen LogP contribution in [0.1, 0.15) is 25.8 Å². The van der Waals surface area contributed by atoms with Crippen molar-refractivity contribution < 1.29 is 13.9 Å². The highest BCUT2D eigenvalue weighted by atomic mass is 19.1. The van der Waals surface area contributed by atoms with E-state index in [4.69, 9.17) is 5.11 Å². The first-order valence-electron chi connectivity index (χ1n) is 7.14. The normalized spacial score (nSPS) is 18.4. The molecule has 5 heteroatoms. The van der Waals surface area contributed by atoms with E-state index in [0.29, 0.717) is 19.1 Å². The summed E-state index contributed by atoms with van der Waals surface area (Å²) in [4.78, 5) is 4.10. The molecule has 1 aliphatic rings. The lowest BCUT2D eigenvalue weighted by atomic mass is 10.1. The van der Waals surface area contributed by atoms with Gasteiger partial charge in [-0.3, -0.25) is 4.90 Å². The quantitative estimate of drug-likeness (QED) is 0.919. The number of nitrogens with zero attached hydrogens (tertiary/aromatic N) is 2. The summed E-state index contributed by atoms with van der Waals surface area (Å²) in [5.41, 5.74) is 0.299. The Bertz CT molecular complexity index is 436. The minimum Gasteiger partial charge on any atom is -0.392 e. The standard InChI is InChI=1S/C15H22F2N2O/c1-3-11(2)18-4-6-19(7-5-18)15-13(16)8-12(10-20)9-14(15)17/h8-9,11,20H,3-7,10H2,1-2H3. The van der Waals surface area contributed by atoms with E-state index in [1.807, 2.05) is 0 Å². The molecule has 1 aromatic carbocycles. The number of aliphatic hydroxyl groups is 1. The Morgan fingerprint density at radius 2 is 1.70 bits per heavy atom. The molecule has 0 amide bonds. The van der Waals surface area contributed by atoms with Gasteiger partial charge in [-0.05, 0) is 31.0 Å². The molecule has 1 N–H and O–H groups in total. The highest BCUT2D eigenvalue weighted by Gasteiger charge is 2.24. The van der Waals surface area contributed by atoms with Crippen LogP contribution in [0.2, 0.25) is 0 Å². The first kappa shape index (κ1) is 15.2. The van der Waals surface area contributed by atoms with Gasteiger partial charge in [-0.2, -0.15) is 0 Å². The molecule has 0 radical (unpaired) electrons. The molecule has 1 fully saturated rings. The van der Waals surface area contributed by atoms with Crippen molar-refractivity contribution in [2.45, 2.75) is 32.9 Å². The van der Waals surface area contributed by atoms with Crippen molar-refractivity contribution in [2.24, 2.45) is 0 Å². The molecule has 3 nitrogen and oxygen atoms in total. The maximum absolute atomic E-state index is 14.0. The average Bonchev–Trinajstić information content (AvgIpc) is 2.46. The predicted molar refractivity (Wildman–Crippen MR) is 75.8 cm³/mol. The summed E-state index contributed by atoms with van der Waals surface area (Å²) in [5, 5.41) is 8.96. The van der Waals surface area contributed by atoms with Crippen LogP contribution in [0.25, 0.3) is 0 Å². The van der Waals surface area contributed by atoms with Crippen molar-refractivity contribution in [2.75, 3.05) is 31.1 Å². The summed E-state index contributed by atoms with van der Waals surface area (Å²) in [7, 11) is 0. The minimum atomic E-state index is -0.592. The van der Waals surface area contributed by atoms with Crippen LogP contribution in [0.4, 0.5) is 14.5 Å². The highest BCUT2D eigenvalue weighted by Crippen LogP contribution is 2.26. The molecular weight excluding hydrogens is 262 g/mol. The fourth-order valence-corrected chi connectivity index (χ4v) is 2.66. The van der Waals surface area contributed by atoms with E-state index in [1.165, 1.54) is 12.1 Å². The van der Waals surface area contributed by atoms with Crippen molar-refractivity contribution in [1.82, 2.24) is 4.90 Å². The molecule has 112 valence electrons. The number of benzene rings is 1. The molecular formula is C15H22F2N2O. The first-order valence-corrected chi connectivity index (χ1v) is 7.14. The fraction of sp³-hybridized carbons (Fsp3) is 0.600. The summed E-state index contributed by atoms with van der Waals surface area (Å²) in [6.45, 7) is 6.84. The van der Waals surface area contributed by atoms with E-state index in [1.54, 1.807) is 4.90 Å². The monoisotopic (exact) mass is 284 g/mol. The van der Waals surface area contributed by atoms with Crippen molar-refractivity contribution in [3.05, 3.63) is 29.3 Å². The Morgan fingerprint density at radius 3 is 2.15 bits per heavy atom. The van der Waals surface area contributed by atoms with Gasteiger partial charge < -0.3 is 10.0 Å². The van der Waals surface area contributed by atoms with Crippen LogP contribution in [-0.4, -0.2) is 42.2 Å². The van der Waals surface area contributed by atoms with Gasteiger partial charge >= 0.3 is 0 Å². The average molecular weight is 284 g/mol. The summed E-state index contributed by atoms with van der Waals surface area (Å²) < 4.78 is 28.0. The van der Waals surface area contributed by atoms with E-state index in [2.05, 4.69) is 18.7 Å². The lowest BCUT2D eigenvalue weighted by Gasteiger charge is -2.39. The molecule has 1 saturated heterocycles. The van der Waals surface area contributed by atoms with Crippen LogP contribution >= 0.6 is 0 Å². The second-order valence-electron chi connectivity index (χ2n) is 5.35. The van der Waals surface area contributed by atoms with Crippen molar-refractivity contribution in [3.63, 3.8) is 0 Å². The zero-order valence-electron chi connectivity index (χ0n) is 12.1. The third-order valence-corrected chi connectivity index (χ3v) is 4.10. The molecule has 1 aliphatic heterocycles. The van der Waals surface area contributed by atoms with Gasteiger partial charge in [0.25, 0.3) is 0 Å². The van der Waals surface area contributed by atoms with E-state index >= 15 is 0 Å². The number of hydrogen-bond donors (Lipinski definition) is 1. The highest BCUT2D eigenvalue weighted by molar-refractivity contribution is 5.51. The number of halogens is 2. The molecule has 20 heavy (non-hydrogen) atoms. The second-order valence-corrected chi connectivity index (χ2v) is 5.35. The largest absolute Gasteiger partial charge is 0.392 e. The van der Waals surface area contributed by atoms with Crippen molar-refractivity contribution in [3.8, 4) is 0 Å². The summed E-state index contributed by atoms with van der Waals surface area (Å²) >= 11 is 0. The van der Waals surface area contributed by atoms with Crippen molar-refractivity contribution in [1.29, 1.82) is 0 Å². The maximum Gasteiger partial charge on any atom is 0.149 e. The third kappa shape index (κ3) is 3.10. The third-order valence-electron chi connectivity index (χ3n) is 4.10. The molecule has 0 bridgehead atoms. The lowest BCUT2D eigenvalue weighted by Crippen LogP contribution is -2.50. The maximum atomic E-state index is 14.0. The van der Waals surface area contributed by atoms with E-state index in [0.717, 1.165) is 19.5 Å². The molecule has 0 spiro atoms. The zero-order chi connectivity index (χ0) is 14.7. The van der Waals surface area contributed by atoms with Gasteiger partial charge in [0, 0.05) is 32.2 Å². The molecule has 0 aliphatic carbocycles. The smallest absolute Gasteiger partial charge is 0.149 e. The summed E-state index contributed by atoms with van der Waals surface area (Å²) in [5.74, 6) is -1.18. The van der Waals surface area contributed by atoms with Crippen molar-refractivity contribution >= 4 is 5.69 Å².